The fourth-order valence-electron chi connectivity index (χ4n) is 5.25. The van der Waals surface area contributed by atoms with E-state index in [1.165, 1.54) is 36.2 Å². The van der Waals surface area contributed by atoms with Gasteiger partial charge in [-0.05, 0) is 81.3 Å². The zero-order valence-electron chi connectivity index (χ0n) is 23.8. The van der Waals surface area contributed by atoms with Gasteiger partial charge in [-0.1, -0.05) is 30.7 Å². The second kappa shape index (κ2) is 13.7. The summed E-state index contributed by atoms with van der Waals surface area (Å²) in [7, 11) is -0.598. The number of likely N-dealkylation sites (tertiary alicyclic amines) is 1. The van der Waals surface area contributed by atoms with E-state index in [2.05, 4.69) is 43.0 Å². The van der Waals surface area contributed by atoms with Crippen molar-refractivity contribution in [1.29, 1.82) is 0 Å². The maximum Gasteiger partial charge on any atom is 0.243 e. The van der Waals surface area contributed by atoms with Crippen LogP contribution in [0.5, 0.6) is 5.75 Å². The number of hydrogen-bond donors (Lipinski definition) is 0. The first kappa shape index (κ1) is 30.3. The molecule has 1 saturated heterocycles. The van der Waals surface area contributed by atoms with Gasteiger partial charge < -0.3 is 9.47 Å². The molecule has 0 unspecified atom stereocenters. The predicted molar refractivity (Wildman–Crippen MR) is 151 cm³/mol. The van der Waals surface area contributed by atoms with Gasteiger partial charge in [0.1, 0.15) is 12.4 Å². The van der Waals surface area contributed by atoms with Gasteiger partial charge in [-0.15, -0.1) is 0 Å². The molecule has 0 saturated carbocycles. The highest BCUT2D eigenvalue weighted by molar-refractivity contribution is 7.89. The summed E-state index contributed by atoms with van der Waals surface area (Å²) in [5.41, 5.74) is 3.71. The number of piperidine rings is 1. The van der Waals surface area contributed by atoms with Crippen LogP contribution < -0.4 is 4.74 Å². The molecular formula is C30H44N2O5S. The summed E-state index contributed by atoms with van der Waals surface area (Å²) in [6.07, 6.45) is 4.91. The molecule has 1 fully saturated rings. The molecule has 3 rings (SSSR count). The van der Waals surface area contributed by atoms with Crippen LogP contribution in [0.3, 0.4) is 0 Å². The van der Waals surface area contributed by atoms with E-state index in [0.29, 0.717) is 41.8 Å². The van der Waals surface area contributed by atoms with Crippen LogP contribution in [-0.4, -0.2) is 69.4 Å². The molecule has 2 aromatic rings. The number of Topliss-reactive ketones (excluding diaryl/α,β-unsaturated/α-hetero) is 1. The minimum Gasteiger partial charge on any atom is -0.497 e. The Hall–Kier alpha value is -2.26. The summed E-state index contributed by atoms with van der Waals surface area (Å²) in [5, 5.41) is 0. The molecule has 0 aliphatic carbocycles. The van der Waals surface area contributed by atoms with E-state index in [1.54, 1.807) is 33.1 Å². The summed E-state index contributed by atoms with van der Waals surface area (Å²) in [5.74, 6) is 0.638. The van der Waals surface area contributed by atoms with Crippen LogP contribution in [0.4, 0.5) is 0 Å². The molecule has 0 amide bonds. The number of carbonyl (C=O) groups is 1. The van der Waals surface area contributed by atoms with E-state index in [1.807, 2.05) is 0 Å². The van der Waals surface area contributed by atoms with Crippen molar-refractivity contribution in [2.24, 2.45) is 0 Å². The summed E-state index contributed by atoms with van der Waals surface area (Å²) in [4.78, 5) is 15.2. The molecule has 0 spiro atoms. The number of ketones is 1. The Bertz CT molecular complexity index is 1150. The Morgan fingerprint density at radius 2 is 1.61 bits per heavy atom. The summed E-state index contributed by atoms with van der Waals surface area (Å²) in [6.45, 7) is 9.42. The first-order chi connectivity index (χ1) is 18.0. The van der Waals surface area contributed by atoms with Gasteiger partial charge in [0.25, 0.3) is 0 Å². The number of likely N-dealkylation sites (N-methyl/N-ethyl adjacent to an activating group) is 1. The third kappa shape index (κ3) is 7.88. The average Bonchev–Trinajstić information content (AvgIpc) is 2.87. The lowest BCUT2D eigenvalue weighted by atomic mass is 9.96. The molecule has 210 valence electrons. The van der Waals surface area contributed by atoms with Gasteiger partial charge in [0, 0.05) is 38.6 Å². The summed E-state index contributed by atoms with van der Waals surface area (Å²) in [6, 6.07) is 13.2. The Labute approximate surface area is 229 Å². The third-order valence-electron chi connectivity index (χ3n) is 7.61. The Kier molecular flexibility index (Phi) is 10.9. The van der Waals surface area contributed by atoms with Crippen molar-refractivity contribution >= 4 is 15.8 Å². The van der Waals surface area contributed by atoms with Crippen LogP contribution in [0.2, 0.25) is 0 Å². The highest BCUT2D eigenvalue weighted by atomic mass is 32.2. The topological polar surface area (TPSA) is 76.1 Å². The van der Waals surface area contributed by atoms with Gasteiger partial charge in [0.15, 0.2) is 5.78 Å². The van der Waals surface area contributed by atoms with Gasteiger partial charge in [-0.3, -0.25) is 9.69 Å². The van der Waals surface area contributed by atoms with Gasteiger partial charge >= 0.3 is 0 Å². The van der Waals surface area contributed by atoms with Crippen molar-refractivity contribution in [3.8, 4) is 5.75 Å². The minimum absolute atomic E-state index is 0.0115. The highest BCUT2D eigenvalue weighted by Gasteiger charge is 2.26. The lowest BCUT2D eigenvalue weighted by Crippen LogP contribution is -2.42. The van der Waals surface area contributed by atoms with Crippen molar-refractivity contribution in [1.82, 2.24) is 9.21 Å². The van der Waals surface area contributed by atoms with Gasteiger partial charge in [-0.25, -0.2) is 8.42 Å². The standard InChI is InChI=1S/C30H44N2O5S/c1-22-18-29(36-6)19-23(2)30(22)38(34,35)31(5)16-17-37-21-28(33)15-14-26-10-12-27(13-11-26)20-32-24(3)8-7-9-25(32)4/h10-13,18-19,24-25H,7-9,14-17,20-21H2,1-6H3/t24-,25+. The SMILES string of the molecule is COc1cc(C)c(S(=O)(=O)N(C)CCOCC(=O)CCc2ccc(CN3[C@H](C)CCC[C@@H]3C)cc2)c(C)c1. The van der Waals surface area contributed by atoms with E-state index in [9.17, 15) is 13.2 Å². The van der Waals surface area contributed by atoms with Crippen molar-refractivity contribution in [3.63, 3.8) is 0 Å². The molecule has 0 aromatic heterocycles. The van der Waals surface area contributed by atoms with Crippen LogP contribution in [0.25, 0.3) is 0 Å². The first-order valence-corrected chi connectivity index (χ1v) is 15.0. The monoisotopic (exact) mass is 544 g/mol. The Morgan fingerprint density at radius 1 is 1.03 bits per heavy atom. The molecule has 1 aliphatic heterocycles. The van der Waals surface area contributed by atoms with Gasteiger partial charge in [0.05, 0.1) is 18.6 Å². The summed E-state index contributed by atoms with van der Waals surface area (Å²) >= 11 is 0. The first-order valence-electron chi connectivity index (χ1n) is 13.6. The highest BCUT2D eigenvalue weighted by Crippen LogP contribution is 2.28. The largest absolute Gasteiger partial charge is 0.497 e. The molecule has 8 heteroatoms. The molecule has 2 aromatic carbocycles. The Morgan fingerprint density at radius 3 is 2.18 bits per heavy atom. The van der Waals surface area contributed by atoms with Crippen molar-refractivity contribution < 1.29 is 22.7 Å². The molecule has 0 bridgehead atoms. The number of benzene rings is 2. The second-order valence-corrected chi connectivity index (χ2v) is 12.6. The number of ether oxygens (including phenoxy) is 2. The van der Waals surface area contributed by atoms with Crippen LogP contribution in [0.15, 0.2) is 41.3 Å². The van der Waals surface area contributed by atoms with Crippen LogP contribution in [0.1, 0.15) is 61.8 Å². The molecule has 0 N–H and O–H groups in total. The van der Waals surface area contributed by atoms with Crippen molar-refractivity contribution in [2.75, 3.05) is 33.9 Å². The predicted octanol–water partition coefficient (Wildman–Crippen LogP) is 4.91. The number of hydrogen-bond acceptors (Lipinski definition) is 6. The van der Waals surface area contributed by atoms with Crippen LogP contribution in [0, 0.1) is 13.8 Å². The third-order valence-corrected chi connectivity index (χ3v) is 9.77. The van der Waals surface area contributed by atoms with Crippen molar-refractivity contribution in [2.45, 2.75) is 83.3 Å². The average molecular weight is 545 g/mol. The van der Waals surface area contributed by atoms with Gasteiger partial charge in [0.2, 0.25) is 10.0 Å². The number of sulfonamides is 1. The lowest BCUT2D eigenvalue weighted by molar-refractivity contribution is -0.123. The fraction of sp³-hybridized carbons (Fsp3) is 0.567. The van der Waals surface area contributed by atoms with E-state index in [-0.39, 0.29) is 30.4 Å². The number of aryl methyl sites for hydroxylation is 3. The maximum atomic E-state index is 13.1. The molecule has 2 atom stereocenters. The molecule has 1 aliphatic rings. The molecule has 0 radical (unpaired) electrons. The quantitative estimate of drug-likeness (QED) is 0.334. The summed E-state index contributed by atoms with van der Waals surface area (Å²) < 4.78 is 38.2. The van der Waals surface area contributed by atoms with Crippen molar-refractivity contribution in [3.05, 3.63) is 58.7 Å². The van der Waals surface area contributed by atoms with E-state index < -0.39 is 10.0 Å². The zero-order valence-corrected chi connectivity index (χ0v) is 24.6. The molecule has 38 heavy (non-hydrogen) atoms. The lowest BCUT2D eigenvalue weighted by Gasteiger charge is -2.39. The molecular weight excluding hydrogens is 500 g/mol. The number of nitrogens with zero attached hydrogens (tertiary/aromatic N) is 2. The zero-order chi connectivity index (χ0) is 27.9. The normalized spacial score (nSPS) is 18.6. The van der Waals surface area contributed by atoms with Crippen LogP contribution in [-0.2, 0) is 32.5 Å². The van der Waals surface area contributed by atoms with E-state index in [0.717, 1.165) is 12.1 Å². The fourth-order valence-corrected chi connectivity index (χ4v) is 6.81. The molecule has 1 heterocycles. The van der Waals surface area contributed by atoms with E-state index in [4.69, 9.17) is 9.47 Å². The number of methoxy groups -OCH3 is 1. The minimum atomic E-state index is -3.68. The number of carbonyl (C=O) groups excluding carboxylic acids is 1. The van der Waals surface area contributed by atoms with Gasteiger partial charge in [-0.2, -0.15) is 4.31 Å². The maximum absolute atomic E-state index is 13.1. The van der Waals surface area contributed by atoms with E-state index >= 15 is 0 Å². The molecule has 7 nitrogen and oxygen atoms in total. The smallest absolute Gasteiger partial charge is 0.243 e. The van der Waals surface area contributed by atoms with Crippen LogP contribution >= 0.6 is 0 Å². The Balaban J connectivity index is 1.40. The number of rotatable bonds is 13. The second-order valence-electron chi connectivity index (χ2n) is 10.6.